The van der Waals surface area contributed by atoms with Crippen LogP contribution in [0.25, 0.3) is 0 Å². The highest BCUT2D eigenvalue weighted by molar-refractivity contribution is 6.07. The standard InChI is InChI=1S/C15H18FN3O3/c1-9(2)6-12-14(21)19(15(22)18-12)8-13(20)17-11-5-3-4-10(16)7-11/h3-5,7,9,12H,6,8H2,1-2H3,(H,17,20)(H,18,22)/t12-/m1/s1. The smallest absolute Gasteiger partial charge is 0.325 e. The Bertz CT molecular complexity index is 603. The largest absolute Gasteiger partial charge is 0.326 e. The average molecular weight is 307 g/mol. The Hall–Kier alpha value is -2.44. The number of benzene rings is 1. The highest BCUT2D eigenvalue weighted by Crippen LogP contribution is 2.15. The average Bonchev–Trinajstić information content (AvgIpc) is 2.66. The summed E-state index contributed by atoms with van der Waals surface area (Å²) < 4.78 is 13.0. The van der Waals surface area contributed by atoms with Crippen molar-refractivity contribution >= 4 is 23.5 Å². The van der Waals surface area contributed by atoms with Crippen molar-refractivity contribution in [3.8, 4) is 0 Å². The van der Waals surface area contributed by atoms with E-state index in [9.17, 15) is 18.8 Å². The van der Waals surface area contributed by atoms with Gasteiger partial charge >= 0.3 is 6.03 Å². The van der Waals surface area contributed by atoms with E-state index < -0.39 is 36.2 Å². The highest BCUT2D eigenvalue weighted by Gasteiger charge is 2.38. The van der Waals surface area contributed by atoms with E-state index in [1.54, 1.807) is 0 Å². The van der Waals surface area contributed by atoms with Gasteiger partial charge in [-0.15, -0.1) is 0 Å². The molecular formula is C15H18FN3O3. The lowest BCUT2D eigenvalue weighted by Crippen LogP contribution is -2.38. The van der Waals surface area contributed by atoms with Gasteiger partial charge in [0, 0.05) is 5.69 Å². The van der Waals surface area contributed by atoms with Crippen molar-refractivity contribution in [3.05, 3.63) is 30.1 Å². The fourth-order valence-electron chi connectivity index (χ4n) is 2.27. The molecule has 6 nitrogen and oxygen atoms in total. The molecule has 1 aromatic carbocycles. The van der Waals surface area contributed by atoms with Crippen LogP contribution >= 0.6 is 0 Å². The van der Waals surface area contributed by atoms with Crippen molar-refractivity contribution in [2.45, 2.75) is 26.3 Å². The number of imide groups is 1. The van der Waals surface area contributed by atoms with E-state index in [1.807, 2.05) is 13.8 Å². The predicted molar refractivity (Wildman–Crippen MR) is 78.5 cm³/mol. The number of urea groups is 1. The molecule has 1 aliphatic rings. The molecule has 1 saturated heterocycles. The molecule has 22 heavy (non-hydrogen) atoms. The molecule has 1 heterocycles. The second-order valence-electron chi connectivity index (χ2n) is 5.61. The number of halogens is 1. The number of nitrogens with zero attached hydrogens (tertiary/aromatic N) is 1. The van der Waals surface area contributed by atoms with Crippen LogP contribution in [0.15, 0.2) is 24.3 Å². The van der Waals surface area contributed by atoms with E-state index in [0.29, 0.717) is 6.42 Å². The molecule has 0 unspecified atom stereocenters. The zero-order chi connectivity index (χ0) is 16.3. The molecule has 0 radical (unpaired) electrons. The number of nitrogens with one attached hydrogen (secondary N) is 2. The Kier molecular flexibility index (Phi) is 4.75. The van der Waals surface area contributed by atoms with Crippen molar-refractivity contribution in [1.29, 1.82) is 0 Å². The maximum absolute atomic E-state index is 13.0. The van der Waals surface area contributed by atoms with Gasteiger partial charge in [0.2, 0.25) is 5.91 Å². The minimum Gasteiger partial charge on any atom is -0.326 e. The van der Waals surface area contributed by atoms with Gasteiger partial charge in [-0.05, 0) is 30.5 Å². The summed E-state index contributed by atoms with van der Waals surface area (Å²) in [6.45, 7) is 3.49. The first-order valence-electron chi connectivity index (χ1n) is 7.04. The van der Waals surface area contributed by atoms with E-state index in [0.717, 1.165) is 11.0 Å². The van der Waals surface area contributed by atoms with Gasteiger partial charge in [-0.3, -0.25) is 14.5 Å². The van der Waals surface area contributed by atoms with E-state index in [1.165, 1.54) is 18.2 Å². The molecule has 7 heteroatoms. The molecule has 1 aromatic rings. The quantitative estimate of drug-likeness (QED) is 0.813. The molecule has 0 aliphatic carbocycles. The predicted octanol–water partition coefficient (Wildman–Crippen LogP) is 1.73. The van der Waals surface area contributed by atoms with Gasteiger partial charge in [-0.2, -0.15) is 0 Å². The van der Waals surface area contributed by atoms with E-state index in [2.05, 4.69) is 10.6 Å². The van der Waals surface area contributed by atoms with Crippen LogP contribution in [0, 0.1) is 11.7 Å². The maximum Gasteiger partial charge on any atom is 0.325 e. The summed E-state index contributed by atoms with van der Waals surface area (Å²) in [7, 11) is 0. The maximum atomic E-state index is 13.0. The van der Waals surface area contributed by atoms with Crippen LogP contribution in [0.2, 0.25) is 0 Å². The van der Waals surface area contributed by atoms with Gasteiger partial charge in [0.05, 0.1) is 0 Å². The first-order valence-corrected chi connectivity index (χ1v) is 7.04. The summed E-state index contributed by atoms with van der Waals surface area (Å²) in [6, 6.07) is 4.22. The third kappa shape index (κ3) is 3.81. The Morgan fingerprint density at radius 2 is 2.14 bits per heavy atom. The molecule has 0 bridgehead atoms. The Morgan fingerprint density at radius 3 is 2.77 bits per heavy atom. The van der Waals surface area contributed by atoms with Gasteiger partial charge in [0.15, 0.2) is 0 Å². The lowest BCUT2D eigenvalue weighted by molar-refractivity contribution is -0.131. The van der Waals surface area contributed by atoms with Gasteiger partial charge < -0.3 is 10.6 Å². The monoisotopic (exact) mass is 307 g/mol. The molecule has 1 aliphatic heterocycles. The number of rotatable bonds is 5. The molecule has 2 rings (SSSR count). The van der Waals surface area contributed by atoms with Crippen molar-refractivity contribution in [2.24, 2.45) is 5.92 Å². The first-order chi connectivity index (χ1) is 10.4. The van der Waals surface area contributed by atoms with Crippen molar-refractivity contribution in [1.82, 2.24) is 10.2 Å². The zero-order valence-corrected chi connectivity index (χ0v) is 12.4. The number of carbonyl (C=O) groups excluding carboxylic acids is 3. The lowest BCUT2D eigenvalue weighted by Gasteiger charge is -2.13. The molecule has 0 spiro atoms. The van der Waals surface area contributed by atoms with Crippen LogP contribution in [0.4, 0.5) is 14.9 Å². The third-order valence-corrected chi connectivity index (χ3v) is 3.22. The number of amides is 4. The summed E-state index contributed by atoms with van der Waals surface area (Å²) >= 11 is 0. The van der Waals surface area contributed by atoms with Gasteiger partial charge in [0.1, 0.15) is 18.4 Å². The van der Waals surface area contributed by atoms with Crippen LogP contribution in [0.5, 0.6) is 0 Å². The van der Waals surface area contributed by atoms with Crippen LogP contribution in [0.1, 0.15) is 20.3 Å². The summed E-state index contributed by atoms with van der Waals surface area (Å²) in [6.07, 6.45) is 0.520. The zero-order valence-electron chi connectivity index (χ0n) is 12.4. The number of hydrogen-bond acceptors (Lipinski definition) is 3. The third-order valence-electron chi connectivity index (χ3n) is 3.22. The van der Waals surface area contributed by atoms with Crippen molar-refractivity contribution < 1.29 is 18.8 Å². The molecule has 1 atom stereocenters. The molecular weight excluding hydrogens is 289 g/mol. The molecule has 0 saturated carbocycles. The summed E-state index contributed by atoms with van der Waals surface area (Å²) in [5.41, 5.74) is 0.274. The lowest BCUT2D eigenvalue weighted by atomic mass is 10.0. The fourth-order valence-corrected chi connectivity index (χ4v) is 2.27. The summed E-state index contributed by atoms with van der Waals surface area (Å²) in [5, 5.41) is 5.01. The first kappa shape index (κ1) is 15.9. The minimum absolute atomic E-state index is 0.246. The molecule has 1 fully saturated rings. The van der Waals surface area contributed by atoms with Crippen LogP contribution in [0.3, 0.4) is 0 Å². The SMILES string of the molecule is CC(C)C[C@H]1NC(=O)N(CC(=O)Nc2cccc(F)c2)C1=O. The van der Waals surface area contributed by atoms with E-state index >= 15 is 0 Å². The van der Waals surface area contributed by atoms with Crippen LogP contribution in [-0.4, -0.2) is 35.3 Å². The molecule has 0 aromatic heterocycles. The molecule has 2 N–H and O–H groups in total. The number of carbonyl (C=O) groups is 3. The number of anilines is 1. The summed E-state index contributed by atoms with van der Waals surface area (Å²) in [4.78, 5) is 36.6. The second kappa shape index (κ2) is 6.55. The second-order valence-corrected chi connectivity index (χ2v) is 5.61. The minimum atomic E-state index is -0.588. The van der Waals surface area contributed by atoms with Gasteiger partial charge in [0.25, 0.3) is 5.91 Å². The summed E-state index contributed by atoms with van der Waals surface area (Å²) in [5.74, 6) is -1.20. The van der Waals surface area contributed by atoms with E-state index in [4.69, 9.17) is 0 Å². The Labute approximate surface area is 127 Å². The molecule has 4 amide bonds. The highest BCUT2D eigenvalue weighted by atomic mass is 19.1. The van der Waals surface area contributed by atoms with Crippen LogP contribution < -0.4 is 10.6 Å². The Morgan fingerprint density at radius 1 is 1.41 bits per heavy atom. The number of hydrogen-bond donors (Lipinski definition) is 2. The van der Waals surface area contributed by atoms with Gasteiger partial charge in [-0.1, -0.05) is 19.9 Å². The Balaban J connectivity index is 1.96. The van der Waals surface area contributed by atoms with Crippen molar-refractivity contribution in [2.75, 3.05) is 11.9 Å². The normalized spacial score (nSPS) is 17.8. The van der Waals surface area contributed by atoms with Gasteiger partial charge in [-0.25, -0.2) is 9.18 Å². The topological polar surface area (TPSA) is 78.5 Å². The molecule has 118 valence electrons. The van der Waals surface area contributed by atoms with Crippen LogP contribution in [-0.2, 0) is 9.59 Å². The van der Waals surface area contributed by atoms with Crippen molar-refractivity contribution in [3.63, 3.8) is 0 Å². The fraction of sp³-hybridized carbons (Fsp3) is 0.400. The van der Waals surface area contributed by atoms with E-state index in [-0.39, 0.29) is 11.6 Å².